The second-order valence-electron chi connectivity index (χ2n) is 6.54. The third-order valence-corrected chi connectivity index (χ3v) is 4.75. The summed E-state index contributed by atoms with van der Waals surface area (Å²) in [6, 6.07) is 8.57. The standard InChI is InChI=1S/C17H22N4O/c1-22-13-21-7-6-19-16(21)15-5-3-2-4-14(15)8-20-11-17(12-20)9-18-10-17/h2-7,18H,8-13H2,1H3. The van der Waals surface area contributed by atoms with E-state index in [-0.39, 0.29) is 0 Å². The van der Waals surface area contributed by atoms with E-state index in [0.29, 0.717) is 12.1 Å². The van der Waals surface area contributed by atoms with Crippen LogP contribution in [-0.2, 0) is 18.0 Å². The molecule has 2 fully saturated rings. The van der Waals surface area contributed by atoms with Crippen LogP contribution in [0.3, 0.4) is 0 Å². The van der Waals surface area contributed by atoms with Gasteiger partial charge in [0.05, 0.1) is 0 Å². The van der Waals surface area contributed by atoms with E-state index in [1.54, 1.807) is 7.11 Å². The topological polar surface area (TPSA) is 42.3 Å². The van der Waals surface area contributed by atoms with Crippen LogP contribution in [0.1, 0.15) is 5.56 Å². The highest BCUT2D eigenvalue weighted by atomic mass is 16.5. The molecule has 0 radical (unpaired) electrons. The number of hydrogen-bond acceptors (Lipinski definition) is 4. The second kappa shape index (κ2) is 5.50. The van der Waals surface area contributed by atoms with Gasteiger partial charge in [0.1, 0.15) is 12.6 Å². The van der Waals surface area contributed by atoms with Crippen molar-refractivity contribution in [3.63, 3.8) is 0 Å². The van der Waals surface area contributed by atoms with Crippen molar-refractivity contribution in [2.45, 2.75) is 13.3 Å². The number of ether oxygens (including phenoxy) is 1. The molecule has 0 saturated carbocycles. The maximum atomic E-state index is 5.26. The van der Waals surface area contributed by atoms with Gasteiger partial charge < -0.3 is 14.6 Å². The summed E-state index contributed by atoms with van der Waals surface area (Å²) < 4.78 is 7.30. The van der Waals surface area contributed by atoms with Crippen LogP contribution in [0.5, 0.6) is 0 Å². The molecule has 0 bridgehead atoms. The normalized spacial score (nSPS) is 19.9. The van der Waals surface area contributed by atoms with Crippen molar-refractivity contribution in [1.29, 1.82) is 0 Å². The van der Waals surface area contributed by atoms with E-state index in [1.165, 1.54) is 37.3 Å². The predicted octanol–water partition coefficient (Wildman–Crippen LogP) is 1.56. The minimum Gasteiger partial charge on any atom is -0.364 e. The molecule has 0 unspecified atom stereocenters. The van der Waals surface area contributed by atoms with E-state index < -0.39 is 0 Å². The zero-order valence-electron chi connectivity index (χ0n) is 13.0. The highest BCUT2D eigenvalue weighted by molar-refractivity contribution is 5.60. The molecule has 2 aliphatic rings. The van der Waals surface area contributed by atoms with Gasteiger partial charge in [0.25, 0.3) is 0 Å². The fourth-order valence-electron chi connectivity index (χ4n) is 3.63. The minimum absolute atomic E-state index is 0.530. The maximum absolute atomic E-state index is 5.26. The van der Waals surface area contributed by atoms with E-state index >= 15 is 0 Å². The number of aromatic nitrogens is 2. The van der Waals surface area contributed by atoms with Crippen LogP contribution >= 0.6 is 0 Å². The van der Waals surface area contributed by atoms with Gasteiger partial charge >= 0.3 is 0 Å². The van der Waals surface area contributed by atoms with Crippen LogP contribution in [0, 0.1) is 5.41 Å². The fraction of sp³-hybridized carbons (Fsp3) is 0.471. The Kier molecular flexibility index (Phi) is 3.48. The Bertz CT molecular complexity index is 654. The summed E-state index contributed by atoms with van der Waals surface area (Å²) in [6.45, 7) is 6.31. The summed E-state index contributed by atoms with van der Waals surface area (Å²) in [6.07, 6.45) is 3.80. The van der Waals surface area contributed by atoms with Gasteiger partial charge in [-0.05, 0) is 5.56 Å². The van der Waals surface area contributed by atoms with Crippen molar-refractivity contribution < 1.29 is 4.74 Å². The average molecular weight is 298 g/mol. The first-order chi connectivity index (χ1) is 10.8. The van der Waals surface area contributed by atoms with Crippen molar-refractivity contribution in [3.8, 4) is 11.4 Å². The first-order valence-electron chi connectivity index (χ1n) is 7.81. The highest BCUT2D eigenvalue weighted by Crippen LogP contribution is 2.36. The average Bonchev–Trinajstić information content (AvgIpc) is 2.89. The van der Waals surface area contributed by atoms with Gasteiger partial charge in [-0.25, -0.2) is 4.98 Å². The molecule has 4 rings (SSSR count). The van der Waals surface area contributed by atoms with E-state index in [2.05, 4.69) is 39.5 Å². The van der Waals surface area contributed by atoms with Crippen LogP contribution in [0.2, 0.25) is 0 Å². The number of likely N-dealkylation sites (tertiary alicyclic amines) is 1. The largest absolute Gasteiger partial charge is 0.364 e. The van der Waals surface area contributed by atoms with E-state index in [0.717, 1.165) is 12.4 Å². The zero-order valence-corrected chi connectivity index (χ0v) is 13.0. The van der Waals surface area contributed by atoms with Crippen LogP contribution < -0.4 is 5.32 Å². The quantitative estimate of drug-likeness (QED) is 0.909. The second-order valence-corrected chi connectivity index (χ2v) is 6.54. The molecule has 0 atom stereocenters. The first kappa shape index (κ1) is 13.9. The third-order valence-electron chi connectivity index (χ3n) is 4.75. The Morgan fingerprint density at radius 3 is 2.82 bits per heavy atom. The van der Waals surface area contributed by atoms with Gasteiger partial charge in [0.2, 0.25) is 0 Å². The van der Waals surface area contributed by atoms with Crippen LogP contribution in [-0.4, -0.2) is 47.7 Å². The van der Waals surface area contributed by atoms with Crippen molar-refractivity contribution in [2.75, 3.05) is 33.3 Å². The lowest BCUT2D eigenvalue weighted by Crippen LogP contribution is -2.70. The minimum atomic E-state index is 0.530. The van der Waals surface area contributed by atoms with E-state index in [1.807, 2.05) is 17.0 Å². The molecule has 5 heteroatoms. The van der Waals surface area contributed by atoms with Crippen LogP contribution in [0.4, 0.5) is 0 Å². The third kappa shape index (κ3) is 2.35. The number of nitrogens with one attached hydrogen (secondary N) is 1. The molecule has 0 amide bonds. The Morgan fingerprint density at radius 2 is 2.09 bits per heavy atom. The highest BCUT2D eigenvalue weighted by Gasteiger charge is 2.47. The lowest BCUT2D eigenvalue weighted by molar-refractivity contribution is -0.0443. The number of imidazole rings is 1. The molecule has 1 aromatic carbocycles. The van der Waals surface area contributed by atoms with Gasteiger partial charge in [-0.3, -0.25) is 4.90 Å². The summed E-state index contributed by atoms with van der Waals surface area (Å²) in [4.78, 5) is 7.06. The summed E-state index contributed by atoms with van der Waals surface area (Å²) in [5.41, 5.74) is 3.12. The fourth-order valence-corrected chi connectivity index (χ4v) is 3.63. The van der Waals surface area contributed by atoms with Crippen molar-refractivity contribution in [1.82, 2.24) is 19.8 Å². The monoisotopic (exact) mass is 298 g/mol. The molecule has 0 aliphatic carbocycles. The van der Waals surface area contributed by atoms with Gasteiger partial charge in [-0.15, -0.1) is 0 Å². The summed E-state index contributed by atoms with van der Waals surface area (Å²) in [7, 11) is 1.71. The Balaban J connectivity index is 1.54. The SMILES string of the molecule is COCn1ccnc1-c1ccccc1CN1CC2(CNC2)C1. The number of hydrogen-bond donors (Lipinski definition) is 1. The van der Waals surface area contributed by atoms with Crippen molar-refractivity contribution in [3.05, 3.63) is 42.2 Å². The van der Waals surface area contributed by atoms with E-state index in [4.69, 9.17) is 4.74 Å². The molecule has 1 N–H and O–H groups in total. The summed E-state index contributed by atoms with van der Waals surface area (Å²) in [5.74, 6) is 0.984. The maximum Gasteiger partial charge on any atom is 0.142 e. The predicted molar refractivity (Wildman–Crippen MR) is 85.3 cm³/mol. The van der Waals surface area contributed by atoms with Gasteiger partial charge in [0.15, 0.2) is 0 Å². The molecule has 1 aromatic heterocycles. The van der Waals surface area contributed by atoms with Crippen molar-refractivity contribution in [2.24, 2.45) is 5.41 Å². The number of nitrogens with zero attached hydrogens (tertiary/aromatic N) is 3. The molecule has 22 heavy (non-hydrogen) atoms. The Labute approximate surface area is 130 Å². The molecular formula is C17H22N4O. The molecule has 2 aliphatic heterocycles. The van der Waals surface area contributed by atoms with Crippen LogP contribution in [0.25, 0.3) is 11.4 Å². The lowest BCUT2D eigenvalue weighted by Gasteiger charge is -2.56. The summed E-state index contributed by atoms with van der Waals surface area (Å²) in [5, 5.41) is 3.39. The number of methoxy groups -OCH3 is 1. The molecule has 2 aromatic rings. The van der Waals surface area contributed by atoms with Gasteiger partial charge in [0, 0.05) is 63.2 Å². The molecule has 2 saturated heterocycles. The van der Waals surface area contributed by atoms with Gasteiger partial charge in [-0.2, -0.15) is 0 Å². The summed E-state index contributed by atoms with van der Waals surface area (Å²) >= 11 is 0. The molecule has 3 heterocycles. The number of benzene rings is 1. The molecule has 5 nitrogen and oxygen atoms in total. The van der Waals surface area contributed by atoms with E-state index in [9.17, 15) is 0 Å². The van der Waals surface area contributed by atoms with Crippen LogP contribution in [0.15, 0.2) is 36.7 Å². The molecule has 116 valence electrons. The zero-order chi connectivity index (χ0) is 15.0. The molecular weight excluding hydrogens is 276 g/mol. The molecule has 1 spiro atoms. The van der Waals surface area contributed by atoms with Crippen molar-refractivity contribution >= 4 is 0 Å². The first-order valence-corrected chi connectivity index (χ1v) is 7.81. The smallest absolute Gasteiger partial charge is 0.142 e. The Morgan fingerprint density at radius 1 is 1.27 bits per heavy atom. The van der Waals surface area contributed by atoms with Gasteiger partial charge in [-0.1, -0.05) is 24.3 Å². The lowest BCUT2D eigenvalue weighted by atomic mass is 9.74. The Hall–Kier alpha value is -1.69. The number of rotatable bonds is 5.